The zero-order chi connectivity index (χ0) is 16.3. The van der Waals surface area contributed by atoms with Crippen molar-refractivity contribution in [3.63, 3.8) is 0 Å². The highest BCUT2D eigenvalue weighted by Gasteiger charge is 2.36. The van der Waals surface area contributed by atoms with E-state index in [0.29, 0.717) is 11.6 Å². The van der Waals surface area contributed by atoms with Gasteiger partial charge in [-0.15, -0.1) is 0 Å². The summed E-state index contributed by atoms with van der Waals surface area (Å²) in [4.78, 5) is 13.5. The molecule has 0 saturated heterocycles. The van der Waals surface area contributed by atoms with Gasteiger partial charge in [0.1, 0.15) is 23.1 Å². The lowest BCUT2D eigenvalue weighted by Gasteiger charge is -2.14. The summed E-state index contributed by atoms with van der Waals surface area (Å²) in [6.07, 6.45) is -3.35. The van der Waals surface area contributed by atoms with Gasteiger partial charge in [0.05, 0.1) is 4.92 Å². The third-order valence-corrected chi connectivity index (χ3v) is 3.04. The maximum absolute atomic E-state index is 13.0. The first-order chi connectivity index (χ1) is 10.3. The molecule has 22 heavy (non-hydrogen) atoms. The van der Waals surface area contributed by atoms with Crippen molar-refractivity contribution in [1.29, 1.82) is 0 Å². The molecule has 0 amide bonds. The first-order valence-corrected chi connectivity index (χ1v) is 6.24. The Labute approximate surface area is 127 Å². The lowest BCUT2D eigenvalue weighted by molar-refractivity contribution is -0.385. The molecular weight excluding hydrogens is 325 g/mol. The second-order valence-electron chi connectivity index (χ2n) is 4.18. The highest BCUT2D eigenvalue weighted by Crippen LogP contribution is 2.38. The van der Waals surface area contributed by atoms with Gasteiger partial charge >= 0.3 is 6.18 Å². The molecule has 0 aliphatic carbocycles. The maximum Gasteiger partial charge on any atom is 0.420 e. The van der Waals surface area contributed by atoms with Crippen LogP contribution in [0.2, 0.25) is 5.15 Å². The van der Waals surface area contributed by atoms with E-state index in [1.807, 2.05) is 0 Å². The molecule has 0 spiro atoms. The molecule has 0 aliphatic heterocycles. The number of nitrogens with zero attached hydrogens (tertiary/aromatic N) is 2. The third kappa shape index (κ3) is 3.64. The number of non-ortho nitro benzene ring substituents is 1. The van der Waals surface area contributed by atoms with Crippen LogP contribution >= 0.6 is 11.6 Å². The van der Waals surface area contributed by atoms with Crippen LogP contribution in [-0.2, 0) is 12.8 Å². The summed E-state index contributed by atoms with van der Waals surface area (Å²) in [6.45, 7) is -0.242. The van der Waals surface area contributed by atoms with Crippen LogP contribution < -0.4 is 4.74 Å². The van der Waals surface area contributed by atoms with Crippen molar-refractivity contribution in [2.75, 3.05) is 0 Å². The van der Waals surface area contributed by atoms with Crippen molar-refractivity contribution in [2.45, 2.75) is 12.8 Å². The fourth-order valence-electron chi connectivity index (χ4n) is 1.66. The van der Waals surface area contributed by atoms with E-state index in [2.05, 4.69) is 4.98 Å². The molecule has 116 valence electrons. The first-order valence-electron chi connectivity index (χ1n) is 5.87. The average molecular weight is 333 g/mol. The summed E-state index contributed by atoms with van der Waals surface area (Å²) >= 11 is 5.78. The Balaban J connectivity index is 2.31. The number of aromatic nitrogens is 1. The van der Waals surface area contributed by atoms with E-state index in [0.717, 1.165) is 12.1 Å². The molecule has 9 heteroatoms. The second kappa shape index (κ2) is 6.18. The number of hydrogen-bond acceptors (Lipinski definition) is 4. The van der Waals surface area contributed by atoms with E-state index in [9.17, 15) is 23.3 Å². The quantitative estimate of drug-likeness (QED) is 0.477. The minimum Gasteiger partial charge on any atom is -0.488 e. The summed E-state index contributed by atoms with van der Waals surface area (Å²) in [5, 5.41) is 10.7. The molecule has 0 atom stereocenters. The molecule has 2 aromatic rings. The largest absolute Gasteiger partial charge is 0.488 e. The third-order valence-electron chi connectivity index (χ3n) is 2.70. The summed E-state index contributed by atoms with van der Waals surface area (Å²) in [5.41, 5.74) is -1.49. The molecule has 1 aromatic carbocycles. The second-order valence-corrected chi connectivity index (χ2v) is 4.54. The number of benzene rings is 1. The number of rotatable bonds is 4. The summed E-state index contributed by atoms with van der Waals surface area (Å²) in [5.74, 6) is -0.516. The van der Waals surface area contributed by atoms with Gasteiger partial charge in [-0.05, 0) is 12.1 Å². The van der Waals surface area contributed by atoms with E-state index >= 15 is 0 Å². The van der Waals surface area contributed by atoms with Crippen molar-refractivity contribution >= 4 is 17.3 Å². The maximum atomic E-state index is 13.0. The SMILES string of the molecule is O=[N+]([O-])c1ccc(OCc2cccnc2Cl)c(C(F)(F)F)c1. The van der Waals surface area contributed by atoms with Crippen LogP contribution in [0.1, 0.15) is 11.1 Å². The monoisotopic (exact) mass is 332 g/mol. The number of hydrogen-bond donors (Lipinski definition) is 0. The van der Waals surface area contributed by atoms with Crippen molar-refractivity contribution in [2.24, 2.45) is 0 Å². The predicted octanol–water partition coefficient (Wildman–Crippen LogP) is 4.24. The van der Waals surface area contributed by atoms with Crippen molar-refractivity contribution < 1.29 is 22.8 Å². The highest BCUT2D eigenvalue weighted by atomic mass is 35.5. The molecule has 1 heterocycles. The van der Waals surface area contributed by atoms with E-state index in [4.69, 9.17) is 16.3 Å². The molecule has 1 aromatic heterocycles. The van der Waals surface area contributed by atoms with Gasteiger partial charge in [-0.1, -0.05) is 17.7 Å². The molecule has 5 nitrogen and oxygen atoms in total. The van der Waals surface area contributed by atoms with Crippen LogP contribution in [0.25, 0.3) is 0 Å². The Morgan fingerprint density at radius 1 is 1.32 bits per heavy atom. The summed E-state index contributed by atoms with van der Waals surface area (Å²) in [7, 11) is 0. The van der Waals surface area contributed by atoms with Gasteiger partial charge in [0, 0.05) is 23.9 Å². The normalized spacial score (nSPS) is 11.3. The zero-order valence-electron chi connectivity index (χ0n) is 10.8. The predicted molar refractivity (Wildman–Crippen MR) is 71.7 cm³/mol. The minimum absolute atomic E-state index is 0.109. The summed E-state index contributed by atoms with van der Waals surface area (Å²) in [6, 6.07) is 5.39. The van der Waals surface area contributed by atoms with Crippen molar-refractivity contribution in [3.05, 3.63) is 62.9 Å². The Morgan fingerprint density at radius 3 is 2.64 bits per heavy atom. The molecule has 0 unspecified atom stereocenters. The molecule has 0 radical (unpaired) electrons. The fraction of sp³-hybridized carbons (Fsp3) is 0.154. The first kappa shape index (κ1) is 16.0. The molecule has 0 aliphatic rings. The average Bonchev–Trinajstić information content (AvgIpc) is 2.45. The number of halogens is 4. The van der Waals surface area contributed by atoms with Crippen LogP contribution in [-0.4, -0.2) is 9.91 Å². The van der Waals surface area contributed by atoms with Gasteiger partial charge in [-0.25, -0.2) is 4.98 Å². The molecule has 0 bridgehead atoms. The van der Waals surface area contributed by atoms with E-state index in [1.54, 1.807) is 12.1 Å². The van der Waals surface area contributed by atoms with Crippen LogP contribution in [0.3, 0.4) is 0 Å². The van der Waals surface area contributed by atoms with Gasteiger partial charge in [0.25, 0.3) is 5.69 Å². The van der Waals surface area contributed by atoms with E-state index < -0.39 is 28.1 Å². The van der Waals surface area contributed by atoms with Gasteiger partial charge < -0.3 is 4.74 Å². The number of ether oxygens (including phenoxy) is 1. The Kier molecular flexibility index (Phi) is 4.51. The van der Waals surface area contributed by atoms with Crippen LogP contribution in [0.4, 0.5) is 18.9 Å². The zero-order valence-corrected chi connectivity index (χ0v) is 11.6. The number of nitro benzene ring substituents is 1. The van der Waals surface area contributed by atoms with Gasteiger partial charge in [0.15, 0.2) is 0 Å². The van der Waals surface area contributed by atoms with Gasteiger partial charge in [-0.2, -0.15) is 13.2 Å². The van der Waals surface area contributed by atoms with Crippen molar-refractivity contribution in [1.82, 2.24) is 4.98 Å². The van der Waals surface area contributed by atoms with Crippen LogP contribution in [0.15, 0.2) is 36.5 Å². The van der Waals surface area contributed by atoms with Crippen LogP contribution in [0, 0.1) is 10.1 Å². The molecule has 0 fully saturated rings. The smallest absolute Gasteiger partial charge is 0.420 e. The Hall–Kier alpha value is -2.35. The Bertz CT molecular complexity index is 707. The molecule has 0 saturated carbocycles. The van der Waals surface area contributed by atoms with Crippen molar-refractivity contribution in [3.8, 4) is 5.75 Å². The lowest BCUT2D eigenvalue weighted by Crippen LogP contribution is -2.09. The molecule has 2 rings (SSSR count). The molecular formula is C13H8ClF3N2O3. The number of pyridine rings is 1. The van der Waals surface area contributed by atoms with Gasteiger partial charge in [-0.3, -0.25) is 10.1 Å². The van der Waals surface area contributed by atoms with Gasteiger partial charge in [0.2, 0.25) is 0 Å². The van der Waals surface area contributed by atoms with Crippen LogP contribution in [0.5, 0.6) is 5.75 Å². The summed E-state index contributed by atoms with van der Waals surface area (Å²) < 4.78 is 44.0. The van der Waals surface area contributed by atoms with E-state index in [-0.39, 0.29) is 11.8 Å². The van der Waals surface area contributed by atoms with E-state index in [1.165, 1.54) is 6.20 Å². The standard InChI is InChI=1S/C13H8ClF3N2O3/c14-12-8(2-1-5-18-12)7-22-11-4-3-9(19(20)21)6-10(11)13(15,16)17/h1-6H,7H2. The number of alkyl halides is 3. The topological polar surface area (TPSA) is 65.3 Å². The fourth-order valence-corrected chi connectivity index (χ4v) is 1.84. The highest BCUT2D eigenvalue weighted by molar-refractivity contribution is 6.30. The minimum atomic E-state index is -4.78. The molecule has 0 N–H and O–H groups in total. The Morgan fingerprint density at radius 2 is 2.05 bits per heavy atom. The number of nitro groups is 1. The lowest BCUT2D eigenvalue weighted by atomic mass is 10.1.